The molecular formula is C14H23N3O. The molecule has 0 aliphatic heterocycles. The van der Waals surface area contributed by atoms with Crippen molar-refractivity contribution in [1.82, 2.24) is 0 Å². The lowest BCUT2D eigenvalue weighted by Crippen LogP contribution is -2.30. The molecule has 0 saturated heterocycles. The number of carbonyl (C=O) groups is 1. The van der Waals surface area contributed by atoms with Gasteiger partial charge >= 0.3 is 0 Å². The van der Waals surface area contributed by atoms with Crippen molar-refractivity contribution < 1.29 is 4.79 Å². The van der Waals surface area contributed by atoms with E-state index < -0.39 is 5.91 Å². The zero-order chi connectivity index (χ0) is 13.7. The molecule has 0 radical (unpaired) electrons. The number of anilines is 2. The fourth-order valence-corrected chi connectivity index (χ4v) is 1.93. The van der Waals surface area contributed by atoms with Crippen LogP contribution in [0.25, 0.3) is 0 Å². The largest absolute Gasteiger partial charge is 0.399 e. The number of benzene rings is 1. The van der Waals surface area contributed by atoms with E-state index in [9.17, 15) is 4.79 Å². The van der Waals surface area contributed by atoms with Gasteiger partial charge in [0.1, 0.15) is 0 Å². The monoisotopic (exact) mass is 249 g/mol. The van der Waals surface area contributed by atoms with E-state index in [1.807, 2.05) is 6.07 Å². The summed E-state index contributed by atoms with van der Waals surface area (Å²) in [6, 6.07) is 5.33. The number of hydrogen-bond acceptors (Lipinski definition) is 3. The number of nitrogens with two attached hydrogens (primary N) is 2. The third-order valence-electron chi connectivity index (χ3n) is 3.24. The molecule has 1 unspecified atom stereocenters. The van der Waals surface area contributed by atoms with Crippen LogP contribution in [0.4, 0.5) is 11.4 Å². The second-order valence-electron chi connectivity index (χ2n) is 4.69. The van der Waals surface area contributed by atoms with E-state index in [2.05, 4.69) is 25.7 Å². The van der Waals surface area contributed by atoms with Crippen LogP contribution in [0, 0.1) is 5.92 Å². The van der Waals surface area contributed by atoms with Crippen LogP contribution in [0.5, 0.6) is 0 Å². The Kier molecular flexibility index (Phi) is 5.01. The van der Waals surface area contributed by atoms with Crippen molar-refractivity contribution in [2.24, 2.45) is 11.7 Å². The highest BCUT2D eigenvalue weighted by Gasteiger charge is 2.15. The highest BCUT2D eigenvalue weighted by Crippen LogP contribution is 2.24. The van der Waals surface area contributed by atoms with E-state index in [1.54, 1.807) is 12.1 Å². The molecule has 0 spiro atoms. The molecule has 0 fully saturated rings. The molecule has 0 heterocycles. The van der Waals surface area contributed by atoms with Crippen LogP contribution in [0.15, 0.2) is 18.2 Å². The first-order chi connectivity index (χ1) is 8.49. The van der Waals surface area contributed by atoms with Crippen molar-refractivity contribution in [3.63, 3.8) is 0 Å². The standard InChI is InChI=1S/C14H23N3O/c1-4-10(3)9-17(5-2)13-7-6-11(15)8-12(13)14(16)18/h6-8,10H,4-5,9,15H2,1-3H3,(H2,16,18). The van der Waals surface area contributed by atoms with E-state index in [1.165, 1.54) is 0 Å². The lowest BCUT2D eigenvalue weighted by molar-refractivity contribution is 0.100. The number of primary amides is 1. The summed E-state index contributed by atoms with van der Waals surface area (Å²) in [5.41, 5.74) is 13.1. The molecule has 0 aromatic heterocycles. The Morgan fingerprint density at radius 1 is 1.39 bits per heavy atom. The predicted molar refractivity (Wildman–Crippen MR) is 76.7 cm³/mol. The maximum absolute atomic E-state index is 11.5. The lowest BCUT2D eigenvalue weighted by atomic mass is 10.1. The van der Waals surface area contributed by atoms with E-state index in [0.717, 1.165) is 25.2 Å². The van der Waals surface area contributed by atoms with Gasteiger partial charge in [0.15, 0.2) is 0 Å². The summed E-state index contributed by atoms with van der Waals surface area (Å²) in [7, 11) is 0. The van der Waals surface area contributed by atoms with Gasteiger partial charge in [-0.1, -0.05) is 20.3 Å². The van der Waals surface area contributed by atoms with Crippen LogP contribution in [0.3, 0.4) is 0 Å². The fraction of sp³-hybridized carbons (Fsp3) is 0.500. The molecule has 18 heavy (non-hydrogen) atoms. The van der Waals surface area contributed by atoms with Gasteiger partial charge in [-0.25, -0.2) is 0 Å². The Bertz CT molecular complexity index is 418. The smallest absolute Gasteiger partial charge is 0.250 e. The molecule has 100 valence electrons. The lowest BCUT2D eigenvalue weighted by Gasteiger charge is -2.27. The maximum atomic E-state index is 11.5. The van der Waals surface area contributed by atoms with Gasteiger partial charge in [-0.05, 0) is 31.0 Å². The number of hydrogen-bond donors (Lipinski definition) is 2. The maximum Gasteiger partial charge on any atom is 0.250 e. The molecule has 4 N–H and O–H groups in total. The van der Waals surface area contributed by atoms with Crippen LogP contribution < -0.4 is 16.4 Å². The van der Waals surface area contributed by atoms with Gasteiger partial charge in [-0.15, -0.1) is 0 Å². The average Bonchev–Trinajstić information content (AvgIpc) is 2.35. The summed E-state index contributed by atoms with van der Waals surface area (Å²) < 4.78 is 0. The van der Waals surface area contributed by atoms with Crippen molar-refractivity contribution in [2.45, 2.75) is 27.2 Å². The minimum Gasteiger partial charge on any atom is -0.399 e. The van der Waals surface area contributed by atoms with Crippen LogP contribution in [-0.4, -0.2) is 19.0 Å². The van der Waals surface area contributed by atoms with Gasteiger partial charge in [0.05, 0.1) is 5.56 Å². The average molecular weight is 249 g/mol. The molecule has 4 heteroatoms. The van der Waals surface area contributed by atoms with E-state index in [0.29, 0.717) is 17.2 Å². The Labute approximate surface area is 109 Å². The molecule has 1 rings (SSSR count). The third-order valence-corrected chi connectivity index (χ3v) is 3.24. The second kappa shape index (κ2) is 6.28. The van der Waals surface area contributed by atoms with Crippen LogP contribution in [0.1, 0.15) is 37.6 Å². The Morgan fingerprint density at radius 3 is 2.56 bits per heavy atom. The first kappa shape index (κ1) is 14.4. The molecule has 0 aliphatic rings. The number of nitrogens with zero attached hydrogens (tertiary/aromatic N) is 1. The molecule has 0 aliphatic carbocycles. The Balaban J connectivity index is 3.08. The van der Waals surface area contributed by atoms with Crippen LogP contribution in [-0.2, 0) is 0 Å². The van der Waals surface area contributed by atoms with Crippen molar-refractivity contribution >= 4 is 17.3 Å². The van der Waals surface area contributed by atoms with E-state index in [4.69, 9.17) is 11.5 Å². The van der Waals surface area contributed by atoms with Crippen LogP contribution in [0.2, 0.25) is 0 Å². The number of carbonyl (C=O) groups excluding carboxylic acids is 1. The summed E-state index contributed by atoms with van der Waals surface area (Å²) in [5, 5.41) is 0. The summed E-state index contributed by atoms with van der Waals surface area (Å²) in [5.74, 6) is 0.142. The zero-order valence-corrected chi connectivity index (χ0v) is 11.4. The van der Waals surface area contributed by atoms with Crippen molar-refractivity contribution in [1.29, 1.82) is 0 Å². The zero-order valence-electron chi connectivity index (χ0n) is 11.4. The van der Waals surface area contributed by atoms with Gasteiger partial charge in [-0.2, -0.15) is 0 Å². The molecule has 1 amide bonds. The van der Waals surface area contributed by atoms with Gasteiger partial charge in [0.25, 0.3) is 5.91 Å². The summed E-state index contributed by atoms with van der Waals surface area (Å²) in [4.78, 5) is 13.7. The number of amides is 1. The molecule has 1 aromatic carbocycles. The van der Waals surface area contributed by atoms with E-state index >= 15 is 0 Å². The third kappa shape index (κ3) is 3.39. The number of rotatable bonds is 6. The molecular weight excluding hydrogens is 226 g/mol. The molecule has 1 aromatic rings. The highest BCUT2D eigenvalue weighted by molar-refractivity contribution is 5.99. The molecule has 0 bridgehead atoms. The summed E-state index contributed by atoms with van der Waals surface area (Å²) in [6.07, 6.45) is 1.11. The fourth-order valence-electron chi connectivity index (χ4n) is 1.93. The normalized spacial score (nSPS) is 12.2. The van der Waals surface area contributed by atoms with Gasteiger partial charge < -0.3 is 16.4 Å². The molecule has 1 atom stereocenters. The number of nitrogen functional groups attached to an aromatic ring is 1. The van der Waals surface area contributed by atoms with Gasteiger partial charge in [0, 0.05) is 24.5 Å². The quantitative estimate of drug-likeness (QED) is 0.759. The molecule has 0 saturated carbocycles. The summed E-state index contributed by atoms with van der Waals surface area (Å²) in [6.45, 7) is 8.19. The van der Waals surface area contributed by atoms with E-state index in [-0.39, 0.29) is 0 Å². The van der Waals surface area contributed by atoms with Crippen molar-refractivity contribution in [3.05, 3.63) is 23.8 Å². The topological polar surface area (TPSA) is 72.3 Å². The SMILES string of the molecule is CCC(C)CN(CC)c1ccc(N)cc1C(N)=O. The highest BCUT2D eigenvalue weighted by atomic mass is 16.1. The second-order valence-corrected chi connectivity index (χ2v) is 4.69. The predicted octanol–water partition coefficient (Wildman–Crippen LogP) is 2.24. The van der Waals surface area contributed by atoms with Gasteiger partial charge in [-0.3, -0.25) is 4.79 Å². The molecule has 4 nitrogen and oxygen atoms in total. The van der Waals surface area contributed by atoms with Crippen molar-refractivity contribution in [3.8, 4) is 0 Å². The minimum atomic E-state index is -0.431. The van der Waals surface area contributed by atoms with Crippen LogP contribution >= 0.6 is 0 Å². The first-order valence-corrected chi connectivity index (χ1v) is 6.43. The van der Waals surface area contributed by atoms with Gasteiger partial charge in [0.2, 0.25) is 0 Å². The Morgan fingerprint density at radius 2 is 2.06 bits per heavy atom. The van der Waals surface area contributed by atoms with Crippen molar-refractivity contribution in [2.75, 3.05) is 23.7 Å². The summed E-state index contributed by atoms with van der Waals surface area (Å²) >= 11 is 0. The first-order valence-electron chi connectivity index (χ1n) is 6.43. The Hall–Kier alpha value is -1.71. The minimum absolute atomic E-state index is 0.431.